The molecule has 0 aromatic carbocycles. The van der Waals surface area contributed by atoms with E-state index in [0.717, 1.165) is 29.1 Å². The van der Waals surface area contributed by atoms with Crippen LogP contribution in [-0.4, -0.2) is 61.7 Å². The fraction of sp³-hybridized carbons (Fsp3) is 0.400. The lowest BCUT2D eigenvalue weighted by atomic mass is 10.2. The maximum Gasteiger partial charge on any atom is 0.247 e. The zero-order valence-corrected chi connectivity index (χ0v) is 14.1. The summed E-state index contributed by atoms with van der Waals surface area (Å²) in [5.41, 5.74) is 0. The molecule has 3 aromatic rings. The Kier molecular flexibility index (Phi) is 3.85. The third-order valence-electron chi connectivity index (χ3n) is 4.32. The van der Waals surface area contributed by atoms with Gasteiger partial charge in [-0.15, -0.1) is 11.3 Å². The van der Waals surface area contributed by atoms with Crippen molar-refractivity contribution >= 4 is 33.3 Å². The molecule has 0 N–H and O–H groups in total. The van der Waals surface area contributed by atoms with E-state index in [1.54, 1.807) is 28.7 Å². The van der Waals surface area contributed by atoms with Crippen LogP contribution in [0.15, 0.2) is 30.4 Å². The molecule has 1 fully saturated rings. The number of hydrogen-bond acceptors (Lipinski definition) is 7. The lowest BCUT2D eigenvalue weighted by molar-refractivity contribution is -0.134. The van der Waals surface area contributed by atoms with Crippen LogP contribution in [0.3, 0.4) is 0 Å². The first-order valence-corrected chi connectivity index (χ1v) is 8.68. The van der Waals surface area contributed by atoms with E-state index >= 15 is 0 Å². The standard InChI is InChI=1S/C15H17N7OS/c1-11(22-10-16-8-19-22)15(23)21-5-3-20(4-6-21)13-12-2-7-24-14(12)18-9-17-13/h2,7-11H,3-6H2,1H3. The highest BCUT2D eigenvalue weighted by atomic mass is 32.1. The number of carbonyl (C=O) groups excluding carboxylic acids is 1. The number of piperazine rings is 1. The Morgan fingerprint density at radius 2 is 2.04 bits per heavy atom. The molecule has 124 valence electrons. The number of rotatable bonds is 3. The van der Waals surface area contributed by atoms with Crippen LogP contribution in [0.5, 0.6) is 0 Å². The highest BCUT2D eigenvalue weighted by molar-refractivity contribution is 7.16. The van der Waals surface area contributed by atoms with Crippen LogP contribution in [0.4, 0.5) is 5.82 Å². The Hall–Kier alpha value is -2.55. The van der Waals surface area contributed by atoms with Crippen LogP contribution >= 0.6 is 11.3 Å². The summed E-state index contributed by atoms with van der Waals surface area (Å²) in [6.45, 7) is 4.72. The number of nitrogens with zero attached hydrogens (tertiary/aromatic N) is 7. The van der Waals surface area contributed by atoms with Crippen LogP contribution < -0.4 is 4.90 Å². The molecular weight excluding hydrogens is 326 g/mol. The molecule has 8 nitrogen and oxygen atoms in total. The van der Waals surface area contributed by atoms with E-state index in [9.17, 15) is 4.79 Å². The molecule has 4 rings (SSSR count). The maximum absolute atomic E-state index is 12.6. The molecule has 0 radical (unpaired) electrons. The second kappa shape index (κ2) is 6.16. The summed E-state index contributed by atoms with van der Waals surface area (Å²) in [5, 5.41) is 7.17. The van der Waals surface area contributed by atoms with Crippen molar-refractivity contribution in [2.45, 2.75) is 13.0 Å². The summed E-state index contributed by atoms with van der Waals surface area (Å²) in [6.07, 6.45) is 4.63. The Morgan fingerprint density at radius 3 is 2.79 bits per heavy atom. The fourth-order valence-corrected chi connectivity index (χ4v) is 3.69. The summed E-state index contributed by atoms with van der Waals surface area (Å²) >= 11 is 1.62. The molecule has 1 unspecified atom stereocenters. The molecule has 4 heterocycles. The van der Waals surface area contributed by atoms with Gasteiger partial charge in [-0.1, -0.05) is 0 Å². The molecule has 0 bridgehead atoms. The Bertz CT molecular complexity index is 839. The van der Waals surface area contributed by atoms with Gasteiger partial charge in [0.1, 0.15) is 35.7 Å². The van der Waals surface area contributed by atoms with Crippen molar-refractivity contribution in [1.29, 1.82) is 0 Å². The summed E-state index contributed by atoms with van der Waals surface area (Å²) in [5.74, 6) is 1.03. The second-order valence-electron chi connectivity index (χ2n) is 5.70. The van der Waals surface area contributed by atoms with Crippen molar-refractivity contribution in [3.05, 3.63) is 30.4 Å². The van der Waals surface area contributed by atoms with Gasteiger partial charge in [-0.3, -0.25) is 4.79 Å². The monoisotopic (exact) mass is 343 g/mol. The van der Waals surface area contributed by atoms with Gasteiger partial charge in [0, 0.05) is 26.2 Å². The summed E-state index contributed by atoms with van der Waals surface area (Å²) < 4.78 is 1.59. The first-order valence-electron chi connectivity index (χ1n) is 7.80. The van der Waals surface area contributed by atoms with E-state index in [-0.39, 0.29) is 11.9 Å². The molecule has 9 heteroatoms. The van der Waals surface area contributed by atoms with Gasteiger partial charge < -0.3 is 9.80 Å². The molecule has 1 saturated heterocycles. The summed E-state index contributed by atoms with van der Waals surface area (Å²) in [4.78, 5) is 30.4. The predicted octanol–water partition coefficient (Wildman–Crippen LogP) is 1.19. The Balaban J connectivity index is 1.45. The van der Waals surface area contributed by atoms with E-state index in [2.05, 4.69) is 31.0 Å². The molecule has 0 aliphatic carbocycles. The highest BCUT2D eigenvalue weighted by Gasteiger charge is 2.27. The second-order valence-corrected chi connectivity index (χ2v) is 6.60. The molecule has 24 heavy (non-hydrogen) atoms. The predicted molar refractivity (Wildman–Crippen MR) is 90.9 cm³/mol. The van der Waals surface area contributed by atoms with E-state index in [4.69, 9.17) is 0 Å². The van der Waals surface area contributed by atoms with Gasteiger partial charge >= 0.3 is 0 Å². The van der Waals surface area contributed by atoms with Crippen molar-refractivity contribution in [2.24, 2.45) is 0 Å². The van der Waals surface area contributed by atoms with Crippen molar-refractivity contribution < 1.29 is 4.79 Å². The first-order chi connectivity index (χ1) is 11.7. The summed E-state index contributed by atoms with van der Waals surface area (Å²) in [7, 11) is 0. The van der Waals surface area contributed by atoms with Crippen LogP contribution in [-0.2, 0) is 4.79 Å². The number of aromatic nitrogens is 5. The van der Waals surface area contributed by atoms with E-state index in [1.807, 2.05) is 17.2 Å². The van der Waals surface area contributed by atoms with Crippen LogP contribution in [0.2, 0.25) is 0 Å². The summed E-state index contributed by atoms with van der Waals surface area (Å²) in [6, 6.07) is 1.72. The third-order valence-corrected chi connectivity index (χ3v) is 5.14. The van der Waals surface area contributed by atoms with Gasteiger partial charge in [-0.2, -0.15) is 5.10 Å². The smallest absolute Gasteiger partial charge is 0.247 e. The van der Waals surface area contributed by atoms with Gasteiger partial charge in [0.05, 0.1) is 5.39 Å². The average molecular weight is 343 g/mol. The van der Waals surface area contributed by atoms with E-state index in [0.29, 0.717) is 13.1 Å². The lowest BCUT2D eigenvalue weighted by Crippen LogP contribution is -2.50. The number of thiophene rings is 1. The van der Waals surface area contributed by atoms with E-state index < -0.39 is 0 Å². The molecule has 0 saturated carbocycles. The van der Waals surface area contributed by atoms with Gasteiger partial charge in [-0.25, -0.2) is 19.6 Å². The van der Waals surface area contributed by atoms with Crippen molar-refractivity contribution in [3.8, 4) is 0 Å². The Morgan fingerprint density at radius 1 is 1.21 bits per heavy atom. The normalized spacial score (nSPS) is 16.5. The van der Waals surface area contributed by atoms with Crippen LogP contribution in [0, 0.1) is 0 Å². The first kappa shape index (κ1) is 15.0. The van der Waals surface area contributed by atoms with Crippen LogP contribution in [0.1, 0.15) is 13.0 Å². The molecule has 1 amide bonds. The number of anilines is 1. The van der Waals surface area contributed by atoms with Gasteiger partial charge in [-0.05, 0) is 18.4 Å². The number of fused-ring (bicyclic) bond motifs is 1. The van der Waals surface area contributed by atoms with Gasteiger partial charge in [0.25, 0.3) is 0 Å². The maximum atomic E-state index is 12.6. The molecule has 1 aliphatic heterocycles. The largest absolute Gasteiger partial charge is 0.352 e. The third kappa shape index (κ3) is 2.60. The molecular formula is C15H17N7OS. The number of hydrogen-bond donors (Lipinski definition) is 0. The molecule has 3 aromatic heterocycles. The molecule has 1 aliphatic rings. The lowest BCUT2D eigenvalue weighted by Gasteiger charge is -2.36. The average Bonchev–Trinajstić information content (AvgIpc) is 3.31. The van der Waals surface area contributed by atoms with E-state index in [1.165, 1.54) is 6.33 Å². The van der Waals surface area contributed by atoms with Crippen molar-refractivity contribution in [1.82, 2.24) is 29.6 Å². The molecule has 1 atom stereocenters. The minimum Gasteiger partial charge on any atom is -0.352 e. The Labute approximate surface area is 142 Å². The fourth-order valence-electron chi connectivity index (χ4n) is 2.96. The van der Waals surface area contributed by atoms with Crippen LogP contribution in [0.25, 0.3) is 10.2 Å². The van der Waals surface area contributed by atoms with Gasteiger partial charge in [0.15, 0.2) is 0 Å². The highest BCUT2D eigenvalue weighted by Crippen LogP contribution is 2.27. The number of carbonyl (C=O) groups is 1. The van der Waals surface area contributed by atoms with Gasteiger partial charge in [0.2, 0.25) is 5.91 Å². The number of amides is 1. The minimum absolute atomic E-state index is 0.0727. The topological polar surface area (TPSA) is 80.0 Å². The SMILES string of the molecule is CC(C(=O)N1CCN(c2ncnc3sccc23)CC1)n1cncn1. The van der Waals surface area contributed by atoms with Crippen molar-refractivity contribution in [3.63, 3.8) is 0 Å². The zero-order chi connectivity index (χ0) is 16.5. The quantitative estimate of drug-likeness (QED) is 0.711. The minimum atomic E-state index is -0.332. The molecule has 0 spiro atoms. The zero-order valence-electron chi connectivity index (χ0n) is 13.2. The van der Waals surface area contributed by atoms with Crippen molar-refractivity contribution in [2.75, 3.05) is 31.1 Å².